The topological polar surface area (TPSA) is 54.9 Å². The Balaban J connectivity index is 1.74. The molecule has 0 radical (unpaired) electrons. The quantitative estimate of drug-likeness (QED) is 0.794. The Morgan fingerprint density at radius 3 is 2.71 bits per heavy atom. The van der Waals surface area contributed by atoms with Crippen LogP contribution in [0.3, 0.4) is 0 Å². The van der Waals surface area contributed by atoms with Gasteiger partial charge in [0, 0.05) is 11.0 Å². The van der Waals surface area contributed by atoms with Crippen LogP contribution in [0, 0.1) is 0 Å². The summed E-state index contributed by atoms with van der Waals surface area (Å²) in [4.78, 5) is 20.7. The average Bonchev–Trinajstić information content (AvgIpc) is 2.52. The lowest BCUT2D eigenvalue weighted by Gasteiger charge is -2.06. The number of nitrogens with one attached hydrogen (secondary N) is 1. The van der Waals surface area contributed by atoms with Crippen molar-refractivity contribution < 1.29 is 4.79 Å². The Labute approximate surface area is 130 Å². The molecule has 0 aliphatic heterocycles. The Morgan fingerprint density at radius 1 is 1.10 bits per heavy atom. The van der Waals surface area contributed by atoms with E-state index in [1.807, 2.05) is 48.5 Å². The van der Waals surface area contributed by atoms with Gasteiger partial charge in [-0.3, -0.25) is 9.78 Å². The number of halogens is 1. The fraction of sp³-hybridized carbons (Fsp3) is 0.0625. The van der Waals surface area contributed by atoms with Crippen molar-refractivity contribution in [2.45, 2.75) is 6.54 Å². The highest BCUT2D eigenvalue weighted by molar-refractivity contribution is 9.10. The van der Waals surface area contributed by atoms with Crippen LogP contribution in [0.2, 0.25) is 0 Å². The summed E-state index contributed by atoms with van der Waals surface area (Å²) in [5.41, 5.74) is 2.84. The van der Waals surface area contributed by atoms with Crippen molar-refractivity contribution in [3.8, 4) is 0 Å². The Morgan fingerprint density at radius 2 is 1.90 bits per heavy atom. The second-order valence-corrected chi connectivity index (χ2v) is 5.47. The largest absolute Gasteiger partial charge is 0.347 e. The zero-order valence-electron chi connectivity index (χ0n) is 11.1. The SMILES string of the molecule is O=C(NCc1cccc(Br)c1)c1cnc2ccccc2n1. The molecule has 0 unspecified atom stereocenters. The molecule has 0 aliphatic carbocycles. The molecule has 1 heterocycles. The first-order chi connectivity index (χ1) is 10.2. The molecule has 0 fully saturated rings. The van der Waals surface area contributed by atoms with Gasteiger partial charge in [0.05, 0.1) is 17.2 Å². The molecular weight excluding hydrogens is 330 g/mol. The third-order valence-electron chi connectivity index (χ3n) is 3.02. The number of nitrogens with zero attached hydrogens (tertiary/aromatic N) is 2. The molecular formula is C16H12BrN3O. The summed E-state index contributed by atoms with van der Waals surface area (Å²) in [6.45, 7) is 0.451. The van der Waals surface area contributed by atoms with Crippen LogP contribution in [0.1, 0.15) is 16.1 Å². The lowest BCUT2D eigenvalue weighted by Crippen LogP contribution is -2.24. The van der Waals surface area contributed by atoms with Gasteiger partial charge >= 0.3 is 0 Å². The van der Waals surface area contributed by atoms with Crippen molar-refractivity contribution in [1.82, 2.24) is 15.3 Å². The van der Waals surface area contributed by atoms with Gasteiger partial charge in [-0.2, -0.15) is 0 Å². The smallest absolute Gasteiger partial charge is 0.271 e. The van der Waals surface area contributed by atoms with E-state index in [1.54, 1.807) is 0 Å². The summed E-state index contributed by atoms with van der Waals surface area (Å²) < 4.78 is 0.986. The van der Waals surface area contributed by atoms with Gasteiger partial charge in [0.15, 0.2) is 0 Å². The van der Waals surface area contributed by atoms with Crippen molar-refractivity contribution >= 4 is 32.9 Å². The van der Waals surface area contributed by atoms with Gasteiger partial charge in [-0.1, -0.05) is 40.2 Å². The highest BCUT2D eigenvalue weighted by atomic mass is 79.9. The first kappa shape index (κ1) is 13.7. The molecule has 0 atom stereocenters. The maximum absolute atomic E-state index is 12.1. The third-order valence-corrected chi connectivity index (χ3v) is 3.52. The highest BCUT2D eigenvalue weighted by Crippen LogP contribution is 2.12. The standard InChI is InChI=1S/C16H12BrN3O/c17-12-5-3-4-11(8-12)9-19-16(21)15-10-18-13-6-1-2-7-14(13)20-15/h1-8,10H,9H2,(H,19,21). The van der Waals surface area contributed by atoms with Crippen LogP contribution in [0.15, 0.2) is 59.2 Å². The predicted molar refractivity (Wildman–Crippen MR) is 84.9 cm³/mol. The number of rotatable bonds is 3. The van der Waals surface area contributed by atoms with Gasteiger partial charge in [-0.15, -0.1) is 0 Å². The summed E-state index contributed by atoms with van der Waals surface area (Å²) >= 11 is 3.41. The molecule has 1 amide bonds. The van der Waals surface area contributed by atoms with E-state index in [4.69, 9.17) is 0 Å². The molecule has 1 aromatic heterocycles. The van der Waals surface area contributed by atoms with Crippen molar-refractivity contribution in [3.63, 3.8) is 0 Å². The molecule has 0 aliphatic rings. The minimum Gasteiger partial charge on any atom is -0.347 e. The first-order valence-corrected chi connectivity index (χ1v) is 7.26. The Hall–Kier alpha value is -2.27. The van der Waals surface area contributed by atoms with E-state index >= 15 is 0 Å². The number of amides is 1. The summed E-state index contributed by atoms with van der Waals surface area (Å²) in [6.07, 6.45) is 1.50. The van der Waals surface area contributed by atoms with Crippen LogP contribution in [0.4, 0.5) is 0 Å². The lowest BCUT2D eigenvalue weighted by atomic mass is 10.2. The van der Waals surface area contributed by atoms with Gasteiger partial charge in [-0.25, -0.2) is 4.98 Å². The highest BCUT2D eigenvalue weighted by Gasteiger charge is 2.08. The second-order valence-electron chi connectivity index (χ2n) is 4.56. The number of carbonyl (C=O) groups is 1. The zero-order valence-corrected chi connectivity index (χ0v) is 12.7. The molecule has 3 rings (SSSR count). The third kappa shape index (κ3) is 3.25. The molecule has 5 heteroatoms. The summed E-state index contributed by atoms with van der Waals surface area (Å²) in [6, 6.07) is 15.3. The van der Waals surface area contributed by atoms with Crippen molar-refractivity contribution in [2.24, 2.45) is 0 Å². The number of carbonyl (C=O) groups excluding carboxylic acids is 1. The van der Waals surface area contributed by atoms with E-state index in [9.17, 15) is 4.79 Å². The second kappa shape index (κ2) is 6.01. The molecule has 0 spiro atoms. The Bertz CT molecular complexity index is 804. The number of aromatic nitrogens is 2. The van der Waals surface area contributed by atoms with Gasteiger partial charge in [0.1, 0.15) is 5.69 Å². The fourth-order valence-corrected chi connectivity index (χ4v) is 2.43. The van der Waals surface area contributed by atoms with E-state index in [-0.39, 0.29) is 5.91 Å². The molecule has 0 bridgehead atoms. The summed E-state index contributed by atoms with van der Waals surface area (Å²) in [5, 5.41) is 2.84. The van der Waals surface area contributed by atoms with E-state index < -0.39 is 0 Å². The molecule has 2 aromatic carbocycles. The van der Waals surface area contributed by atoms with E-state index in [0.29, 0.717) is 17.8 Å². The van der Waals surface area contributed by atoms with Crippen LogP contribution in [0.25, 0.3) is 11.0 Å². The zero-order chi connectivity index (χ0) is 14.7. The lowest BCUT2D eigenvalue weighted by molar-refractivity contribution is 0.0946. The number of hydrogen-bond donors (Lipinski definition) is 1. The van der Waals surface area contributed by atoms with Crippen molar-refractivity contribution in [3.05, 3.63) is 70.5 Å². The van der Waals surface area contributed by atoms with Gasteiger partial charge in [0.25, 0.3) is 5.91 Å². The van der Waals surface area contributed by atoms with E-state index in [1.165, 1.54) is 6.20 Å². The predicted octanol–water partition coefficient (Wildman–Crippen LogP) is 3.32. The number of benzene rings is 2. The first-order valence-electron chi connectivity index (χ1n) is 6.47. The average molecular weight is 342 g/mol. The number of fused-ring (bicyclic) bond motifs is 1. The minimum absolute atomic E-state index is 0.228. The molecule has 1 N–H and O–H groups in total. The molecule has 0 saturated carbocycles. The van der Waals surface area contributed by atoms with Crippen LogP contribution in [-0.4, -0.2) is 15.9 Å². The maximum Gasteiger partial charge on any atom is 0.271 e. The molecule has 21 heavy (non-hydrogen) atoms. The Kier molecular flexibility index (Phi) is 3.92. The monoisotopic (exact) mass is 341 g/mol. The molecule has 3 aromatic rings. The van der Waals surface area contributed by atoms with Crippen LogP contribution >= 0.6 is 15.9 Å². The molecule has 0 saturated heterocycles. The van der Waals surface area contributed by atoms with Crippen molar-refractivity contribution in [1.29, 1.82) is 0 Å². The van der Waals surface area contributed by atoms with Crippen LogP contribution in [0.5, 0.6) is 0 Å². The van der Waals surface area contributed by atoms with Gasteiger partial charge < -0.3 is 5.32 Å². The number of para-hydroxylation sites is 2. The van der Waals surface area contributed by atoms with E-state index in [0.717, 1.165) is 15.6 Å². The van der Waals surface area contributed by atoms with Crippen molar-refractivity contribution in [2.75, 3.05) is 0 Å². The van der Waals surface area contributed by atoms with Gasteiger partial charge in [0.2, 0.25) is 0 Å². The minimum atomic E-state index is -0.228. The number of hydrogen-bond acceptors (Lipinski definition) is 3. The normalized spacial score (nSPS) is 10.5. The molecule has 104 valence electrons. The summed E-state index contributed by atoms with van der Waals surface area (Å²) in [7, 11) is 0. The van der Waals surface area contributed by atoms with Crippen LogP contribution in [-0.2, 0) is 6.54 Å². The van der Waals surface area contributed by atoms with E-state index in [2.05, 4.69) is 31.2 Å². The van der Waals surface area contributed by atoms with Crippen LogP contribution < -0.4 is 5.32 Å². The van der Waals surface area contributed by atoms with Gasteiger partial charge in [-0.05, 0) is 29.8 Å². The molecule has 4 nitrogen and oxygen atoms in total. The summed E-state index contributed by atoms with van der Waals surface area (Å²) in [5.74, 6) is -0.228. The maximum atomic E-state index is 12.1. The fourth-order valence-electron chi connectivity index (χ4n) is 1.99.